The van der Waals surface area contributed by atoms with Gasteiger partial charge < -0.3 is 55.1 Å². The Labute approximate surface area is 236 Å². The summed E-state index contributed by atoms with van der Waals surface area (Å²) in [4.78, 5) is 10.6. The first-order chi connectivity index (χ1) is 19.2. The van der Waals surface area contributed by atoms with Crippen LogP contribution in [0.15, 0.2) is 36.4 Å². The van der Waals surface area contributed by atoms with Crippen molar-refractivity contribution in [2.24, 2.45) is 0 Å². The number of alkyl halides is 2. The van der Waals surface area contributed by atoms with Crippen LogP contribution in [0.25, 0.3) is 10.9 Å². The van der Waals surface area contributed by atoms with E-state index in [1.54, 1.807) is 12.1 Å². The van der Waals surface area contributed by atoms with Gasteiger partial charge in [-0.1, -0.05) is 13.0 Å². The first kappa shape index (κ1) is 31.5. The number of aromatic nitrogens is 1. The van der Waals surface area contributed by atoms with Crippen molar-refractivity contribution in [1.29, 1.82) is 0 Å². The number of fused-ring (bicyclic) bond motifs is 2. The number of rotatable bonds is 8. The summed E-state index contributed by atoms with van der Waals surface area (Å²) in [6, 6.07) is 8.53. The molecule has 1 amide bonds. The molecule has 3 aromatic rings. The molecule has 1 atom stereocenters. The van der Waals surface area contributed by atoms with E-state index in [1.165, 1.54) is 26.0 Å². The van der Waals surface area contributed by atoms with E-state index in [-0.39, 0.29) is 45.6 Å². The second-order valence-corrected chi connectivity index (χ2v) is 11.1. The number of halogens is 3. The first-order valence-corrected chi connectivity index (χ1v) is 12.6. The Morgan fingerprint density at radius 1 is 1.02 bits per heavy atom. The summed E-state index contributed by atoms with van der Waals surface area (Å²) in [5.74, 6) is -7.32. The number of nitrogens with zero attached hydrogens (tertiary/aromatic N) is 1. The second kappa shape index (κ2) is 10.4. The highest BCUT2D eigenvalue weighted by Gasteiger charge is 2.46. The summed E-state index contributed by atoms with van der Waals surface area (Å²) in [7, 11) is 0. The minimum atomic E-state index is -3.51. The SMILES string of the molecule is CC(C)(c1cc2cc(NC=O)c(F)cc2n1CC(O)C(O)(O)O)C(O)(O)O.CC1(c2ccc3c(c2)OC(F)(F)O3)CC1. The van der Waals surface area contributed by atoms with Crippen LogP contribution in [0.4, 0.5) is 18.9 Å². The second-order valence-electron chi connectivity index (χ2n) is 11.1. The van der Waals surface area contributed by atoms with Crippen LogP contribution in [0, 0.1) is 5.82 Å². The summed E-state index contributed by atoms with van der Waals surface area (Å²) in [5.41, 5.74) is -0.776. The monoisotopic (exact) mass is 600 g/mol. The molecule has 0 spiro atoms. The van der Waals surface area contributed by atoms with Gasteiger partial charge in [0.25, 0.3) is 5.97 Å². The number of aliphatic hydroxyl groups excluding tert-OH is 1. The molecular formula is C27H31F3N2O10. The maximum atomic E-state index is 14.2. The molecule has 1 aliphatic carbocycles. The fraction of sp³-hybridized carbons (Fsp3) is 0.444. The van der Waals surface area contributed by atoms with Gasteiger partial charge in [0.2, 0.25) is 6.41 Å². The first-order valence-electron chi connectivity index (χ1n) is 12.6. The van der Waals surface area contributed by atoms with E-state index in [0.717, 1.165) is 29.0 Å². The van der Waals surface area contributed by atoms with Crippen LogP contribution >= 0.6 is 0 Å². The van der Waals surface area contributed by atoms with Gasteiger partial charge in [-0.25, -0.2) is 4.39 Å². The number of hydrogen-bond donors (Lipinski definition) is 8. The zero-order chi connectivity index (χ0) is 31.5. The predicted octanol–water partition coefficient (Wildman–Crippen LogP) is 1.31. The number of ether oxygens (including phenoxy) is 2. The van der Waals surface area contributed by atoms with E-state index >= 15 is 0 Å². The molecule has 15 heteroatoms. The van der Waals surface area contributed by atoms with Gasteiger partial charge in [-0.15, -0.1) is 8.78 Å². The van der Waals surface area contributed by atoms with Gasteiger partial charge >= 0.3 is 12.3 Å². The van der Waals surface area contributed by atoms with Gasteiger partial charge in [0.15, 0.2) is 17.6 Å². The minimum Gasteiger partial charge on any atom is -0.395 e. The van der Waals surface area contributed by atoms with E-state index in [1.807, 2.05) is 6.07 Å². The van der Waals surface area contributed by atoms with Crippen LogP contribution in [-0.4, -0.2) is 71.1 Å². The molecule has 1 aliphatic heterocycles. The van der Waals surface area contributed by atoms with E-state index in [0.29, 0.717) is 0 Å². The molecule has 0 radical (unpaired) electrons. The normalized spacial score (nSPS) is 17.8. The summed E-state index contributed by atoms with van der Waals surface area (Å²) in [6.07, 6.45) is -3.21. The van der Waals surface area contributed by atoms with E-state index in [4.69, 9.17) is 15.3 Å². The summed E-state index contributed by atoms with van der Waals surface area (Å²) >= 11 is 0. The molecule has 5 rings (SSSR count). The molecule has 1 unspecified atom stereocenters. The third-order valence-electron chi connectivity index (χ3n) is 7.58. The van der Waals surface area contributed by atoms with Crippen molar-refractivity contribution in [2.75, 3.05) is 5.32 Å². The van der Waals surface area contributed by atoms with Crippen LogP contribution in [0.3, 0.4) is 0 Å². The Morgan fingerprint density at radius 3 is 2.19 bits per heavy atom. The summed E-state index contributed by atoms with van der Waals surface area (Å²) in [5, 5.41) is 68.8. The van der Waals surface area contributed by atoms with Gasteiger partial charge in [-0.3, -0.25) is 4.79 Å². The van der Waals surface area contributed by atoms with Crippen molar-refractivity contribution in [3.63, 3.8) is 0 Å². The largest absolute Gasteiger partial charge is 0.586 e. The topological polar surface area (TPSA) is 194 Å². The number of nitrogens with one attached hydrogen (secondary N) is 1. The Balaban J connectivity index is 0.000000225. The highest BCUT2D eigenvalue weighted by atomic mass is 19.3. The van der Waals surface area contributed by atoms with Gasteiger partial charge in [-0.05, 0) is 61.9 Å². The molecule has 1 saturated carbocycles. The van der Waals surface area contributed by atoms with Crippen molar-refractivity contribution in [3.05, 3.63) is 53.5 Å². The van der Waals surface area contributed by atoms with Crippen molar-refractivity contribution in [3.8, 4) is 11.5 Å². The summed E-state index contributed by atoms with van der Waals surface area (Å²) < 4.78 is 49.5. The lowest BCUT2D eigenvalue weighted by molar-refractivity contribution is -0.357. The molecule has 2 aromatic carbocycles. The number of aliphatic hydroxyl groups is 7. The van der Waals surface area contributed by atoms with Crippen LogP contribution in [-0.2, 0) is 22.2 Å². The van der Waals surface area contributed by atoms with Crippen LogP contribution < -0.4 is 14.8 Å². The van der Waals surface area contributed by atoms with Gasteiger partial charge in [0, 0.05) is 17.1 Å². The maximum absolute atomic E-state index is 14.2. The molecule has 8 N–H and O–H groups in total. The fourth-order valence-electron chi connectivity index (χ4n) is 4.44. The lowest BCUT2D eigenvalue weighted by atomic mass is 9.86. The fourth-order valence-corrected chi connectivity index (χ4v) is 4.44. The highest BCUT2D eigenvalue weighted by Crippen LogP contribution is 2.51. The Kier molecular flexibility index (Phi) is 7.78. The van der Waals surface area contributed by atoms with E-state index < -0.39 is 42.1 Å². The third-order valence-corrected chi connectivity index (χ3v) is 7.58. The van der Waals surface area contributed by atoms with Crippen LogP contribution in [0.2, 0.25) is 0 Å². The predicted molar refractivity (Wildman–Crippen MR) is 139 cm³/mol. The van der Waals surface area contributed by atoms with Crippen molar-refractivity contribution in [1.82, 2.24) is 4.57 Å². The van der Waals surface area contributed by atoms with Crippen LogP contribution in [0.5, 0.6) is 11.5 Å². The number of anilines is 1. The van der Waals surface area contributed by atoms with E-state index in [2.05, 4.69) is 21.7 Å². The van der Waals surface area contributed by atoms with Gasteiger partial charge in [0.1, 0.15) is 5.82 Å². The molecule has 2 aliphatic rings. The Bertz CT molecular complexity index is 1490. The smallest absolute Gasteiger partial charge is 0.395 e. The molecular weight excluding hydrogens is 569 g/mol. The van der Waals surface area contributed by atoms with Gasteiger partial charge in [0.05, 0.1) is 23.2 Å². The molecule has 1 fully saturated rings. The van der Waals surface area contributed by atoms with Gasteiger partial charge in [-0.2, -0.15) is 0 Å². The number of carbonyl (C=O) groups is 1. The number of benzene rings is 2. The average molecular weight is 601 g/mol. The number of hydrogen-bond acceptors (Lipinski definition) is 10. The molecule has 2 heterocycles. The molecule has 0 saturated heterocycles. The number of amides is 1. The molecule has 230 valence electrons. The lowest BCUT2D eigenvalue weighted by Crippen LogP contribution is -2.50. The minimum absolute atomic E-state index is 0.0454. The third kappa shape index (κ3) is 6.17. The standard InChI is InChI=1S/C16H21FN2O8.C11H10F2O2/c1-14(2,16(25,26)27)12-4-8-3-10(18-7-20)9(17)5-11(8)19(12)6-13(21)15(22,23)24;1-10(4-5-10)7-2-3-8-9(6-7)15-11(12,13)14-8/h3-5,7,13,21-27H,6H2,1-2H3,(H,18,20);2-3,6H,4-5H2,1H3. The Hall–Kier alpha value is -3.44. The zero-order valence-corrected chi connectivity index (χ0v) is 22.7. The van der Waals surface area contributed by atoms with Crippen molar-refractivity contribution in [2.45, 2.75) is 75.3 Å². The van der Waals surface area contributed by atoms with Crippen LogP contribution in [0.1, 0.15) is 44.9 Å². The molecule has 1 aromatic heterocycles. The summed E-state index contributed by atoms with van der Waals surface area (Å²) in [6.45, 7) is 3.87. The lowest BCUT2D eigenvalue weighted by Gasteiger charge is -2.35. The molecule has 0 bridgehead atoms. The molecule has 12 nitrogen and oxygen atoms in total. The van der Waals surface area contributed by atoms with E-state index in [9.17, 15) is 38.4 Å². The van der Waals surface area contributed by atoms with Crippen molar-refractivity contribution < 1.29 is 63.2 Å². The Morgan fingerprint density at radius 2 is 1.64 bits per heavy atom. The number of carbonyl (C=O) groups excluding carboxylic acids is 1. The maximum Gasteiger partial charge on any atom is 0.586 e. The zero-order valence-electron chi connectivity index (χ0n) is 22.7. The highest BCUT2D eigenvalue weighted by molar-refractivity contribution is 5.88. The van der Waals surface area contributed by atoms with Crippen molar-refractivity contribution >= 4 is 23.0 Å². The quantitative estimate of drug-likeness (QED) is 0.138. The molecule has 42 heavy (non-hydrogen) atoms. The average Bonchev–Trinajstić information content (AvgIpc) is 3.39.